The first-order valence-corrected chi connectivity index (χ1v) is 21.5. The van der Waals surface area contributed by atoms with Gasteiger partial charge in [0.25, 0.3) is 0 Å². The quantitative estimate of drug-likeness (QED) is 0.154. The third-order valence-electron chi connectivity index (χ3n) is 9.11. The third-order valence-corrected chi connectivity index (χ3v) is 9.11. The first kappa shape index (κ1) is 49.9. The zero-order valence-corrected chi connectivity index (χ0v) is 37.5. The SMILES string of the molecule is CC(C)CN1CC(=O)NN(Cc2ccccc2)CC(=O)NN(CC(C)C)CC(=O)NN(Cc2ccccc2)CC(=O)NN(CC(C)C)CC(=O)NN(Cc2ccccc2)CC(=O)N1. The van der Waals surface area contributed by atoms with E-state index in [9.17, 15) is 28.8 Å². The summed E-state index contributed by atoms with van der Waals surface area (Å²) in [4.78, 5) is 82.5. The van der Waals surface area contributed by atoms with E-state index in [1.54, 1.807) is 0 Å². The standard InChI is InChI=1S/C45H66N12O6/c1-34(2)22-52-28-40(58)49-56(26-38-18-12-8-13-19-38)32-44(62)47-54(24-36(5)6)30-42(60)51-57(27-39-20-14-9-15-21-39)33-45(63)48-53(23-35(3)4)29-41(59)50-55(31-43(61)46-52)25-37-16-10-7-11-17-37/h7-21,34-36H,22-33H2,1-6H3,(H,46,61)(H,47,62)(H,48,63)(H,49,58)(H,50,59)(H,51,60). The van der Waals surface area contributed by atoms with Crippen LogP contribution in [-0.4, -0.2) is 124 Å². The molecule has 0 aromatic heterocycles. The second-order valence-corrected chi connectivity index (χ2v) is 17.1. The monoisotopic (exact) mass is 871 g/mol. The molecule has 63 heavy (non-hydrogen) atoms. The van der Waals surface area contributed by atoms with E-state index in [0.29, 0.717) is 19.6 Å². The molecule has 3 aromatic carbocycles. The van der Waals surface area contributed by atoms with Crippen LogP contribution in [0.5, 0.6) is 0 Å². The number of benzene rings is 3. The number of nitrogens with one attached hydrogen (secondary N) is 6. The summed E-state index contributed by atoms with van der Waals surface area (Å²) in [7, 11) is 0. The Balaban J connectivity index is 1.67. The van der Waals surface area contributed by atoms with Crippen molar-refractivity contribution in [1.29, 1.82) is 0 Å². The van der Waals surface area contributed by atoms with E-state index in [4.69, 9.17) is 0 Å². The number of carbonyl (C=O) groups excluding carboxylic acids is 6. The highest BCUT2D eigenvalue weighted by molar-refractivity contribution is 5.83. The molecule has 6 N–H and O–H groups in total. The normalized spacial score (nSPS) is 18.0. The number of amides is 6. The van der Waals surface area contributed by atoms with Gasteiger partial charge in [-0.25, -0.2) is 30.1 Å². The molecule has 0 unspecified atom stereocenters. The second kappa shape index (κ2) is 26.0. The van der Waals surface area contributed by atoms with Crippen LogP contribution in [0.3, 0.4) is 0 Å². The van der Waals surface area contributed by atoms with Crippen LogP contribution in [-0.2, 0) is 48.4 Å². The van der Waals surface area contributed by atoms with Crippen molar-refractivity contribution >= 4 is 35.4 Å². The summed E-state index contributed by atoms with van der Waals surface area (Å²) >= 11 is 0. The van der Waals surface area contributed by atoms with Gasteiger partial charge >= 0.3 is 0 Å². The lowest BCUT2D eigenvalue weighted by Gasteiger charge is -2.31. The van der Waals surface area contributed by atoms with E-state index >= 15 is 0 Å². The van der Waals surface area contributed by atoms with Crippen molar-refractivity contribution in [1.82, 2.24) is 62.6 Å². The Morgan fingerprint density at radius 3 is 0.730 bits per heavy atom. The van der Waals surface area contributed by atoms with Gasteiger partial charge < -0.3 is 0 Å². The van der Waals surface area contributed by atoms with Crippen molar-refractivity contribution < 1.29 is 28.8 Å². The maximum absolute atomic E-state index is 13.7. The van der Waals surface area contributed by atoms with Gasteiger partial charge in [-0.15, -0.1) is 0 Å². The van der Waals surface area contributed by atoms with Crippen LogP contribution >= 0.6 is 0 Å². The summed E-state index contributed by atoms with van der Waals surface area (Å²) in [6.45, 7) is 11.7. The first-order chi connectivity index (χ1) is 30.1. The molecule has 0 bridgehead atoms. The van der Waals surface area contributed by atoms with Crippen molar-refractivity contribution in [2.75, 3.05) is 58.9 Å². The smallest absolute Gasteiger partial charge is 0.250 e. The third kappa shape index (κ3) is 20.3. The molecule has 18 heteroatoms. The minimum atomic E-state index is -0.479. The Labute approximate surface area is 371 Å². The summed E-state index contributed by atoms with van der Waals surface area (Å²) in [5, 5.41) is 8.97. The molecular formula is C45H66N12O6. The average Bonchev–Trinajstić information content (AvgIpc) is 3.17. The lowest BCUT2D eigenvalue weighted by molar-refractivity contribution is -0.135. The highest BCUT2D eigenvalue weighted by Gasteiger charge is 2.25. The Bertz CT molecular complexity index is 1630. The van der Waals surface area contributed by atoms with Gasteiger partial charge in [0.2, 0.25) is 35.4 Å². The van der Waals surface area contributed by atoms with Crippen LogP contribution in [0.4, 0.5) is 0 Å². The number of hydrogen-bond donors (Lipinski definition) is 6. The summed E-state index contributed by atoms with van der Waals surface area (Å²) in [5.74, 6) is -2.73. The minimum Gasteiger partial charge on any atom is -0.287 e. The summed E-state index contributed by atoms with van der Waals surface area (Å²) in [6.07, 6.45) is 0. The summed E-state index contributed by atoms with van der Waals surface area (Å²) in [6, 6.07) is 28.0. The molecule has 1 aliphatic rings. The molecule has 1 heterocycles. The van der Waals surface area contributed by atoms with Crippen molar-refractivity contribution in [3.8, 4) is 0 Å². The number of rotatable bonds is 12. The van der Waals surface area contributed by atoms with Gasteiger partial charge in [0.1, 0.15) is 0 Å². The number of hydrazine groups is 6. The van der Waals surface area contributed by atoms with Crippen LogP contribution in [0.2, 0.25) is 0 Å². The topological polar surface area (TPSA) is 194 Å². The first-order valence-electron chi connectivity index (χ1n) is 21.5. The molecule has 0 saturated carbocycles. The van der Waals surface area contributed by atoms with Crippen molar-refractivity contribution in [2.45, 2.75) is 61.2 Å². The zero-order valence-electron chi connectivity index (χ0n) is 37.5. The van der Waals surface area contributed by atoms with Crippen LogP contribution in [0.25, 0.3) is 0 Å². The predicted octanol–water partition coefficient (Wildman–Crippen LogP) is 1.57. The molecule has 6 amide bonds. The molecule has 1 aliphatic heterocycles. The molecule has 4 rings (SSSR count). The molecule has 3 aromatic rings. The van der Waals surface area contributed by atoms with Gasteiger partial charge in [-0.1, -0.05) is 133 Å². The highest BCUT2D eigenvalue weighted by Crippen LogP contribution is 2.08. The van der Waals surface area contributed by atoms with Gasteiger partial charge in [-0.2, -0.15) is 0 Å². The van der Waals surface area contributed by atoms with E-state index in [-0.39, 0.29) is 76.7 Å². The van der Waals surface area contributed by atoms with Crippen LogP contribution in [0.1, 0.15) is 58.2 Å². The Morgan fingerprint density at radius 2 is 0.524 bits per heavy atom. The fourth-order valence-electron chi connectivity index (χ4n) is 6.90. The summed E-state index contributed by atoms with van der Waals surface area (Å²) < 4.78 is 0. The molecule has 18 nitrogen and oxygen atoms in total. The molecule has 1 saturated heterocycles. The molecular weight excluding hydrogens is 805 g/mol. The van der Waals surface area contributed by atoms with Crippen LogP contribution in [0.15, 0.2) is 91.0 Å². The lowest BCUT2D eigenvalue weighted by atomic mass is 10.2. The van der Waals surface area contributed by atoms with Gasteiger partial charge in [-0.3, -0.25) is 61.3 Å². The molecule has 0 radical (unpaired) electrons. The Morgan fingerprint density at radius 1 is 0.333 bits per heavy atom. The minimum absolute atomic E-state index is 0.0491. The van der Waals surface area contributed by atoms with E-state index in [1.165, 1.54) is 30.1 Å². The number of hydrogen-bond acceptors (Lipinski definition) is 12. The lowest BCUT2D eigenvalue weighted by Crippen LogP contribution is -2.58. The fraction of sp³-hybridized carbons (Fsp3) is 0.467. The Kier molecular flexibility index (Phi) is 20.6. The van der Waals surface area contributed by atoms with E-state index in [2.05, 4.69) is 32.6 Å². The summed E-state index contributed by atoms with van der Waals surface area (Å²) in [5.41, 5.74) is 19.6. The van der Waals surface area contributed by atoms with E-state index < -0.39 is 35.4 Å². The van der Waals surface area contributed by atoms with E-state index in [1.807, 2.05) is 133 Å². The zero-order chi connectivity index (χ0) is 45.7. The largest absolute Gasteiger partial charge is 0.287 e. The molecule has 0 aliphatic carbocycles. The van der Waals surface area contributed by atoms with Crippen molar-refractivity contribution in [3.05, 3.63) is 108 Å². The molecule has 1 fully saturated rings. The number of carbonyl (C=O) groups is 6. The van der Waals surface area contributed by atoms with Gasteiger partial charge in [0.15, 0.2) is 0 Å². The number of nitrogens with zero attached hydrogens (tertiary/aromatic N) is 6. The molecule has 0 spiro atoms. The molecule has 342 valence electrons. The Hall–Kier alpha value is -5.76. The van der Waals surface area contributed by atoms with Crippen LogP contribution < -0.4 is 32.6 Å². The fourth-order valence-corrected chi connectivity index (χ4v) is 6.90. The van der Waals surface area contributed by atoms with Gasteiger partial charge in [0.05, 0.1) is 39.3 Å². The van der Waals surface area contributed by atoms with Gasteiger partial charge in [-0.05, 0) is 34.4 Å². The highest BCUT2D eigenvalue weighted by atomic mass is 16.2. The van der Waals surface area contributed by atoms with Gasteiger partial charge in [0, 0.05) is 39.3 Å². The van der Waals surface area contributed by atoms with Crippen molar-refractivity contribution in [2.24, 2.45) is 17.8 Å². The van der Waals surface area contributed by atoms with Crippen LogP contribution in [0, 0.1) is 17.8 Å². The predicted molar refractivity (Wildman–Crippen MR) is 239 cm³/mol. The average molecular weight is 871 g/mol. The van der Waals surface area contributed by atoms with Crippen molar-refractivity contribution in [3.63, 3.8) is 0 Å². The molecule has 0 atom stereocenters. The maximum atomic E-state index is 13.7. The van der Waals surface area contributed by atoms with E-state index in [0.717, 1.165) is 16.7 Å². The second-order valence-electron chi connectivity index (χ2n) is 17.1. The maximum Gasteiger partial charge on any atom is 0.250 e.